The van der Waals surface area contributed by atoms with E-state index in [1.807, 2.05) is 6.07 Å². The van der Waals surface area contributed by atoms with E-state index in [-0.39, 0.29) is 11.5 Å². The first-order chi connectivity index (χ1) is 14.5. The first-order valence-electron chi connectivity index (χ1n) is 9.14. The number of carbonyl (C=O) groups is 2. The predicted octanol–water partition coefficient (Wildman–Crippen LogP) is 4.25. The Labute approximate surface area is 171 Å². The summed E-state index contributed by atoms with van der Waals surface area (Å²) < 4.78 is 11.4. The van der Waals surface area contributed by atoms with Crippen LogP contribution in [0.5, 0.6) is 17.2 Å². The smallest absolute Gasteiger partial charge is 0.336 e. The number of carbonyl (C=O) groups excluding carboxylic acids is 1. The molecular formula is C23H18N2O5. The Balaban J connectivity index is 1.80. The van der Waals surface area contributed by atoms with Gasteiger partial charge in [-0.05, 0) is 47.2 Å². The number of pyridine rings is 1. The highest BCUT2D eigenvalue weighted by Gasteiger charge is 2.16. The maximum Gasteiger partial charge on any atom is 0.336 e. The molecule has 0 aliphatic carbocycles. The van der Waals surface area contributed by atoms with Crippen LogP contribution in [0.2, 0.25) is 0 Å². The fourth-order valence-corrected chi connectivity index (χ4v) is 3.36. The fourth-order valence-electron chi connectivity index (χ4n) is 3.36. The molecule has 1 aromatic heterocycles. The Morgan fingerprint density at radius 1 is 0.967 bits per heavy atom. The average Bonchev–Trinajstić information content (AvgIpc) is 2.77. The normalized spacial score (nSPS) is 10.7. The minimum absolute atomic E-state index is 0.232. The van der Waals surface area contributed by atoms with Gasteiger partial charge in [0.1, 0.15) is 17.2 Å². The van der Waals surface area contributed by atoms with Gasteiger partial charge in [-0.2, -0.15) is 0 Å². The number of aromatic nitrogens is 1. The molecule has 2 N–H and O–H groups in total. The number of rotatable bonds is 5. The summed E-state index contributed by atoms with van der Waals surface area (Å²) in [6.45, 7) is 0. The third kappa shape index (κ3) is 3.37. The van der Waals surface area contributed by atoms with Gasteiger partial charge in [0.25, 0.3) is 5.91 Å². The van der Waals surface area contributed by atoms with Gasteiger partial charge in [0.2, 0.25) is 0 Å². The summed E-state index contributed by atoms with van der Waals surface area (Å²) in [4.78, 5) is 28.0. The van der Waals surface area contributed by atoms with Gasteiger partial charge in [0, 0.05) is 24.7 Å². The number of hydrogen-bond donors (Lipinski definition) is 2. The van der Waals surface area contributed by atoms with Crippen LogP contribution >= 0.6 is 0 Å². The molecular weight excluding hydrogens is 384 g/mol. The molecule has 0 saturated carbocycles. The second-order valence-electron chi connectivity index (χ2n) is 6.55. The van der Waals surface area contributed by atoms with E-state index in [4.69, 9.17) is 9.47 Å². The molecule has 1 amide bonds. The molecule has 0 fully saturated rings. The number of carboxylic acids is 1. The molecule has 1 heterocycles. The molecule has 4 aromatic rings. The Kier molecular flexibility index (Phi) is 4.93. The van der Waals surface area contributed by atoms with Gasteiger partial charge in [-0.1, -0.05) is 12.1 Å². The molecule has 7 heteroatoms. The number of nitrogens with one attached hydrogen (secondary N) is 1. The Morgan fingerprint density at radius 3 is 2.53 bits per heavy atom. The van der Waals surface area contributed by atoms with E-state index in [0.29, 0.717) is 39.1 Å². The number of nitrogens with zero attached hydrogens (tertiary/aromatic N) is 1. The molecule has 150 valence electrons. The minimum atomic E-state index is -0.981. The zero-order valence-electron chi connectivity index (χ0n) is 16.3. The lowest BCUT2D eigenvalue weighted by molar-refractivity contribution is 0.0698. The summed E-state index contributed by atoms with van der Waals surface area (Å²) >= 11 is 0. The van der Waals surface area contributed by atoms with Crippen LogP contribution in [-0.4, -0.2) is 36.1 Å². The predicted molar refractivity (Wildman–Crippen MR) is 113 cm³/mol. The van der Waals surface area contributed by atoms with Crippen molar-refractivity contribution in [2.24, 2.45) is 0 Å². The van der Waals surface area contributed by atoms with E-state index < -0.39 is 5.97 Å². The van der Waals surface area contributed by atoms with Gasteiger partial charge < -0.3 is 19.9 Å². The maximum absolute atomic E-state index is 12.2. The summed E-state index contributed by atoms with van der Waals surface area (Å²) in [5.74, 6) is 0.204. The van der Waals surface area contributed by atoms with Crippen LogP contribution in [0.15, 0.2) is 60.8 Å². The van der Waals surface area contributed by atoms with Crippen molar-refractivity contribution in [2.45, 2.75) is 0 Å². The zero-order valence-corrected chi connectivity index (χ0v) is 16.3. The highest BCUT2D eigenvalue weighted by atomic mass is 16.5. The number of benzene rings is 3. The zero-order chi connectivity index (χ0) is 21.3. The van der Waals surface area contributed by atoms with Crippen LogP contribution < -0.4 is 14.8 Å². The number of fused-ring (bicyclic) bond motifs is 2. The summed E-state index contributed by atoms with van der Waals surface area (Å²) in [6, 6.07) is 15.4. The van der Waals surface area contributed by atoms with Crippen molar-refractivity contribution in [3.05, 3.63) is 71.9 Å². The molecule has 0 radical (unpaired) electrons. The highest BCUT2D eigenvalue weighted by molar-refractivity contribution is 6.04. The minimum Gasteiger partial charge on any atom is -0.496 e. The second-order valence-corrected chi connectivity index (χ2v) is 6.55. The second kappa shape index (κ2) is 7.71. The van der Waals surface area contributed by atoms with E-state index in [1.54, 1.807) is 61.8 Å². The molecule has 0 unspecified atom stereocenters. The quantitative estimate of drug-likeness (QED) is 0.518. The van der Waals surface area contributed by atoms with Gasteiger partial charge >= 0.3 is 5.97 Å². The molecule has 3 aromatic carbocycles. The molecule has 0 aliphatic heterocycles. The molecule has 0 saturated heterocycles. The molecule has 7 nitrogen and oxygen atoms in total. The van der Waals surface area contributed by atoms with E-state index in [0.717, 1.165) is 5.39 Å². The van der Waals surface area contributed by atoms with Crippen LogP contribution in [0.1, 0.15) is 20.7 Å². The number of methoxy groups -OCH3 is 1. The van der Waals surface area contributed by atoms with Crippen LogP contribution in [-0.2, 0) is 0 Å². The molecule has 0 aliphatic rings. The van der Waals surface area contributed by atoms with Crippen LogP contribution in [0.25, 0.3) is 21.7 Å². The third-order valence-corrected chi connectivity index (χ3v) is 4.80. The lowest BCUT2D eigenvalue weighted by Crippen LogP contribution is -2.18. The Hall–Kier alpha value is -4.13. The number of aromatic carboxylic acids is 1. The third-order valence-electron chi connectivity index (χ3n) is 4.80. The lowest BCUT2D eigenvalue weighted by Gasteiger charge is -2.13. The molecule has 4 rings (SSSR count). The van der Waals surface area contributed by atoms with Crippen LogP contribution in [0, 0.1) is 0 Å². The number of hydrogen-bond acceptors (Lipinski definition) is 5. The van der Waals surface area contributed by atoms with Crippen LogP contribution in [0.3, 0.4) is 0 Å². The van der Waals surface area contributed by atoms with E-state index in [9.17, 15) is 14.7 Å². The van der Waals surface area contributed by atoms with Gasteiger partial charge in [0.05, 0.1) is 23.8 Å². The van der Waals surface area contributed by atoms with Crippen molar-refractivity contribution >= 4 is 33.6 Å². The van der Waals surface area contributed by atoms with Gasteiger partial charge in [0.15, 0.2) is 0 Å². The SMILES string of the molecule is CNC(=O)c1cc2c(Oc3ccc4c(C(=O)O)cccc4c3)ccnc2cc1OC. The largest absolute Gasteiger partial charge is 0.496 e. The summed E-state index contributed by atoms with van der Waals surface area (Å²) in [7, 11) is 3.04. The van der Waals surface area contributed by atoms with E-state index in [1.165, 1.54) is 7.11 Å². The topological polar surface area (TPSA) is 97.8 Å². The molecule has 0 bridgehead atoms. The monoisotopic (exact) mass is 402 g/mol. The summed E-state index contributed by atoms with van der Waals surface area (Å²) in [6.07, 6.45) is 1.61. The summed E-state index contributed by atoms with van der Waals surface area (Å²) in [5.41, 5.74) is 1.22. The van der Waals surface area contributed by atoms with Crippen molar-refractivity contribution in [3.8, 4) is 17.2 Å². The molecule has 30 heavy (non-hydrogen) atoms. The lowest BCUT2D eigenvalue weighted by atomic mass is 10.0. The van der Waals surface area contributed by atoms with Crippen molar-refractivity contribution in [3.63, 3.8) is 0 Å². The maximum atomic E-state index is 12.2. The number of ether oxygens (including phenoxy) is 2. The summed E-state index contributed by atoms with van der Waals surface area (Å²) in [5, 5.41) is 14.0. The fraction of sp³-hybridized carbons (Fsp3) is 0.0870. The van der Waals surface area contributed by atoms with Gasteiger partial charge in [-0.25, -0.2) is 4.79 Å². The molecule has 0 spiro atoms. The van der Waals surface area contributed by atoms with E-state index in [2.05, 4.69) is 10.3 Å². The van der Waals surface area contributed by atoms with Crippen molar-refractivity contribution < 1.29 is 24.2 Å². The number of carboxylic acid groups (broad SMARTS) is 1. The first kappa shape index (κ1) is 19.2. The van der Waals surface area contributed by atoms with Crippen molar-refractivity contribution in [2.75, 3.05) is 14.2 Å². The van der Waals surface area contributed by atoms with Gasteiger partial charge in [-0.3, -0.25) is 9.78 Å². The van der Waals surface area contributed by atoms with Gasteiger partial charge in [-0.15, -0.1) is 0 Å². The van der Waals surface area contributed by atoms with E-state index >= 15 is 0 Å². The highest BCUT2D eigenvalue weighted by Crippen LogP contribution is 2.34. The van der Waals surface area contributed by atoms with Crippen molar-refractivity contribution in [1.29, 1.82) is 0 Å². The Bertz CT molecular complexity index is 1300. The molecule has 0 atom stereocenters. The van der Waals surface area contributed by atoms with Crippen molar-refractivity contribution in [1.82, 2.24) is 10.3 Å². The number of amides is 1. The Morgan fingerprint density at radius 2 is 1.80 bits per heavy atom. The standard InChI is InChI=1S/C23H18N2O5/c1-24-22(26)18-11-17-19(12-21(18)29-2)25-9-8-20(17)30-14-6-7-15-13(10-14)4-3-5-16(15)23(27)28/h3-12H,1-2H3,(H,24,26)(H,27,28). The van der Waals surface area contributed by atoms with Crippen LogP contribution in [0.4, 0.5) is 0 Å². The average molecular weight is 402 g/mol. The first-order valence-corrected chi connectivity index (χ1v) is 9.14.